The summed E-state index contributed by atoms with van der Waals surface area (Å²) in [6, 6.07) is 4.54. The van der Waals surface area contributed by atoms with Crippen LogP contribution in [0.5, 0.6) is 0 Å². The molecule has 1 aliphatic heterocycles. The van der Waals surface area contributed by atoms with Crippen LogP contribution >= 0.6 is 0 Å². The zero-order valence-electron chi connectivity index (χ0n) is 17.5. The molecule has 2 aliphatic rings. The number of nitrogens with zero attached hydrogens (tertiary/aromatic N) is 2. The van der Waals surface area contributed by atoms with Gasteiger partial charge in [0, 0.05) is 30.6 Å². The van der Waals surface area contributed by atoms with E-state index in [1.807, 2.05) is 11.8 Å². The number of nitrogens with one attached hydrogen (secondary N) is 1. The lowest BCUT2D eigenvalue weighted by molar-refractivity contribution is 0.0726. The Hall–Kier alpha value is -2.68. The van der Waals surface area contributed by atoms with Crippen LogP contribution in [-0.4, -0.2) is 38.0 Å². The highest BCUT2D eigenvalue weighted by molar-refractivity contribution is 7.89. The van der Waals surface area contributed by atoms with E-state index in [0.717, 1.165) is 57.3 Å². The number of halogens is 1. The summed E-state index contributed by atoms with van der Waals surface area (Å²) in [6.07, 6.45) is 6.22. The number of carbonyl (C=O) groups is 1. The largest absolute Gasteiger partial charge is 0.455 e. The Morgan fingerprint density at radius 2 is 1.74 bits per heavy atom. The van der Waals surface area contributed by atoms with Crippen molar-refractivity contribution < 1.29 is 22.0 Å². The third-order valence-corrected chi connectivity index (χ3v) is 7.06. The van der Waals surface area contributed by atoms with Gasteiger partial charge >= 0.3 is 0 Å². The average Bonchev–Trinajstić information content (AvgIpc) is 2.93. The maximum Gasteiger partial charge on any atom is 0.289 e. The quantitative estimate of drug-likeness (QED) is 0.723. The molecular formula is C22H26FN3O4S. The Balaban J connectivity index is 1.60. The molecule has 1 amide bonds. The summed E-state index contributed by atoms with van der Waals surface area (Å²) in [5, 5.41) is 4.16. The number of benzene rings is 1. The molecule has 1 saturated heterocycles. The molecule has 2 heterocycles. The van der Waals surface area contributed by atoms with Crippen molar-refractivity contribution in [3.05, 3.63) is 52.7 Å². The van der Waals surface area contributed by atoms with Gasteiger partial charge in [-0.3, -0.25) is 4.79 Å². The molecule has 1 aromatic heterocycles. The van der Waals surface area contributed by atoms with E-state index in [1.54, 1.807) is 0 Å². The minimum absolute atomic E-state index is 0.0739. The van der Waals surface area contributed by atoms with E-state index in [4.69, 9.17) is 4.42 Å². The third kappa shape index (κ3) is 4.51. The average molecular weight is 448 g/mol. The topological polar surface area (TPSA) is 92.0 Å². The molecule has 0 atom stereocenters. The molecule has 4 rings (SSSR count). The van der Waals surface area contributed by atoms with E-state index < -0.39 is 15.8 Å². The number of fused-ring (bicyclic) bond motifs is 1. The summed E-state index contributed by atoms with van der Waals surface area (Å²) < 4.78 is 44.1. The van der Waals surface area contributed by atoms with E-state index in [0.29, 0.717) is 41.2 Å². The molecule has 31 heavy (non-hydrogen) atoms. The van der Waals surface area contributed by atoms with Gasteiger partial charge in [0.1, 0.15) is 11.6 Å². The highest BCUT2D eigenvalue weighted by Gasteiger charge is 2.30. The normalized spacial score (nSPS) is 18.5. The summed E-state index contributed by atoms with van der Waals surface area (Å²) in [6.45, 7) is 3.27. The Morgan fingerprint density at radius 1 is 1.06 bits per heavy atom. The van der Waals surface area contributed by atoms with Gasteiger partial charge in [0.2, 0.25) is 0 Å². The van der Waals surface area contributed by atoms with Crippen LogP contribution < -0.4 is 4.83 Å². The van der Waals surface area contributed by atoms with Crippen molar-refractivity contribution in [1.29, 1.82) is 0 Å². The molecular weight excluding hydrogens is 421 g/mol. The lowest BCUT2D eigenvalue weighted by atomic mass is 9.93. The second-order valence-electron chi connectivity index (χ2n) is 8.02. The monoisotopic (exact) mass is 447 g/mol. The van der Waals surface area contributed by atoms with Crippen LogP contribution in [0.1, 0.15) is 66.0 Å². The van der Waals surface area contributed by atoms with Crippen molar-refractivity contribution in [2.24, 2.45) is 5.10 Å². The van der Waals surface area contributed by atoms with Crippen LogP contribution in [0.25, 0.3) is 0 Å². The second kappa shape index (κ2) is 8.82. The van der Waals surface area contributed by atoms with Gasteiger partial charge in [-0.2, -0.15) is 18.4 Å². The van der Waals surface area contributed by atoms with E-state index >= 15 is 0 Å². The van der Waals surface area contributed by atoms with Gasteiger partial charge in [0.15, 0.2) is 5.76 Å². The number of likely N-dealkylation sites (tertiary alicyclic amines) is 1. The molecule has 1 aliphatic carbocycles. The minimum Gasteiger partial charge on any atom is -0.455 e. The van der Waals surface area contributed by atoms with Gasteiger partial charge in [0.05, 0.1) is 10.6 Å². The number of carbonyl (C=O) groups excluding carboxylic acids is 1. The minimum atomic E-state index is -3.93. The van der Waals surface area contributed by atoms with Crippen molar-refractivity contribution in [1.82, 2.24) is 9.73 Å². The molecule has 9 heteroatoms. The fraction of sp³-hybridized carbons (Fsp3) is 0.455. The summed E-state index contributed by atoms with van der Waals surface area (Å²) in [5.41, 5.74) is 1.96. The molecule has 166 valence electrons. The zero-order chi connectivity index (χ0) is 22.0. The van der Waals surface area contributed by atoms with E-state index in [1.165, 1.54) is 12.1 Å². The predicted molar refractivity (Wildman–Crippen MR) is 114 cm³/mol. The molecule has 2 aromatic rings. The number of rotatable bonds is 4. The molecule has 7 nitrogen and oxygen atoms in total. The smallest absolute Gasteiger partial charge is 0.289 e. The van der Waals surface area contributed by atoms with Gasteiger partial charge in [0.25, 0.3) is 15.9 Å². The van der Waals surface area contributed by atoms with Gasteiger partial charge in [-0.05, 0) is 56.9 Å². The van der Waals surface area contributed by atoms with Crippen LogP contribution in [0.15, 0.2) is 38.7 Å². The molecule has 0 saturated carbocycles. The first-order valence-corrected chi connectivity index (χ1v) is 12.1. The number of amides is 1. The third-order valence-electron chi connectivity index (χ3n) is 5.84. The number of furan rings is 1. The summed E-state index contributed by atoms with van der Waals surface area (Å²) in [4.78, 5) is 17.1. The highest BCUT2D eigenvalue weighted by atomic mass is 32.2. The van der Waals surface area contributed by atoms with Crippen molar-refractivity contribution in [2.75, 3.05) is 13.1 Å². The Labute approximate surface area is 181 Å². The molecule has 0 spiro atoms. The van der Waals surface area contributed by atoms with Gasteiger partial charge in [-0.15, -0.1) is 0 Å². The zero-order valence-corrected chi connectivity index (χ0v) is 18.3. The number of hydrazone groups is 1. The summed E-state index contributed by atoms with van der Waals surface area (Å²) >= 11 is 0. The van der Waals surface area contributed by atoms with Gasteiger partial charge in [-0.1, -0.05) is 12.8 Å². The fourth-order valence-electron chi connectivity index (χ4n) is 4.18. The van der Waals surface area contributed by atoms with Crippen molar-refractivity contribution in [3.8, 4) is 0 Å². The molecule has 1 fully saturated rings. The molecule has 1 N–H and O–H groups in total. The molecule has 1 aromatic carbocycles. The standard InChI is InChI=1S/C22H26FN3O4S/c1-15-20-18(24-25-31(28,29)17-11-9-16(23)10-12-17)7-6-8-19(20)30-21(15)22(27)26-13-4-2-3-5-14-26/h9-12,25H,2-8,13-14H2,1H3/b24-18+. The first-order chi connectivity index (χ1) is 14.9. The Kier molecular flexibility index (Phi) is 6.13. The van der Waals surface area contributed by atoms with Crippen molar-refractivity contribution in [3.63, 3.8) is 0 Å². The van der Waals surface area contributed by atoms with Crippen molar-refractivity contribution in [2.45, 2.75) is 56.8 Å². The SMILES string of the molecule is Cc1c(C(=O)N2CCCCCC2)oc2c1/C(=N/NS(=O)(=O)c1ccc(F)cc1)CCC2. The highest BCUT2D eigenvalue weighted by Crippen LogP contribution is 2.31. The molecule has 0 radical (unpaired) electrons. The maximum absolute atomic E-state index is 13.1. The first kappa shape index (κ1) is 21.5. The number of aryl methyl sites for hydroxylation is 1. The van der Waals surface area contributed by atoms with Crippen molar-refractivity contribution >= 4 is 21.6 Å². The first-order valence-electron chi connectivity index (χ1n) is 10.6. The second-order valence-corrected chi connectivity index (χ2v) is 9.68. The predicted octanol–water partition coefficient (Wildman–Crippen LogP) is 3.76. The van der Waals surface area contributed by atoms with E-state index in [9.17, 15) is 17.6 Å². The number of sulfonamides is 1. The Morgan fingerprint density at radius 3 is 2.42 bits per heavy atom. The van der Waals surface area contributed by atoms with Crippen LogP contribution in [0.3, 0.4) is 0 Å². The summed E-state index contributed by atoms with van der Waals surface area (Å²) in [5.74, 6) is 0.363. The lowest BCUT2D eigenvalue weighted by Gasteiger charge is -2.19. The van der Waals surface area contributed by atoms with E-state index in [-0.39, 0.29) is 10.8 Å². The molecule has 0 bridgehead atoms. The van der Waals surface area contributed by atoms with Crippen LogP contribution in [0.2, 0.25) is 0 Å². The van der Waals surface area contributed by atoms with Gasteiger partial charge < -0.3 is 9.32 Å². The number of hydrogen-bond acceptors (Lipinski definition) is 5. The van der Waals surface area contributed by atoms with Crippen LogP contribution in [0.4, 0.5) is 4.39 Å². The van der Waals surface area contributed by atoms with E-state index in [2.05, 4.69) is 9.93 Å². The fourth-order valence-corrected chi connectivity index (χ4v) is 5.01. The van der Waals surface area contributed by atoms with Gasteiger partial charge in [-0.25, -0.2) is 4.39 Å². The van der Waals surface area contributed by atoms with Crippen LogP contribution in [0, 0.1) is 12.7 Å². The maximum atomic E-state index is 13.1. The van der Waals surface area contributed by atoms with Crippen LogP contribution in [-0.2, 0) is 16.4 Å². The molecule has 0 unspecified atom stereocenters. The lowest BCUT2D eigenvalue weighted by Crippen LogP contribution is -2.32. The number of hydrogen-bond donors (Lipinski definition) is 1. The Bertz CT molecular complexity index is 1100. The summed E-state index contributed by atoms with van der Waals surface area (Å²) in [7, 11) is -3.93.